The van der Waals surface area contributed by atoms with Crippen molar-refractivity contribution in [1.29, 1.82) is 0 Å². The fraction of sp³-hybridized carbons (Fsp3) is 0.455. The summed E-state index contributed by atoms with van der Waals surface area (Å²) in [6, 6.07) is 6.30. The first-order valence-electron chi connectivity index (χ1n) is 5.24. The Labute approximate surface area is 102 Å². The number of methoxy groups -OCH3 is 1. The van der Waals surface area contributed by atoms with E-state index in [4.69, 9.17) is 4.74 Å². The molecule has 1 rings (SSSR count). The van der Waals surface area contributed by atoms with Crippen molar-refractivity contribution < 1.29 is 13.2 Å². The average Bonchev–Trinajstić information content (AvgIpc) is 2.28. The largest absolute Gasteiger partial charge is 0.497 e. The van der Waals surface area contributed by atoms with E-state index in [-0.39, 0.29) is 4.90 Å². The van der Waals surface area contributed by atoms with E-state index in [0.29, 0.717) is 18.8 Å². The second kappa shape index (κ2) is 6.00. The summed E-state index contributed by atoms with van der Waals surface area (Å²) in [5, 5.41) is 0. The Morgan fingerprint density at radius 2 is 1.82 bits per heavy atom. The van der Waals surface area contributed by atoms with Crippen LogP contribution >= 0.6 is 0 Å². The monoisotopic (exact) mass is 258 g/mol. The molecule has 0 heterocycles. The fourth-order valence-corrected chi connectivity index (χ4v) is 2.26. The summed E-state index contributed by atoms with van der Waals surface area (Å²) in [7, 11) is 1.91. The smallest absolute Gasteiger partial charge is 0.240 e. The topological polar surface area (TPSA) is 58.6 Å². The number of nitrogens with one attached hydrogen (secondary N) is 1. The van der Waals surface area contributed by atoms with E-state index in [9.17, 15) is 8.42 Å². The predicted molar refractivity (Wildman–Crippen MR) is 66.7 cm³/mol. The van der Waals surface area contributed by atoms with Gasteiger partial charge in [0.05, 0.1) is 12.0 Å². The summed E-state index contributed by atoms with van der Waals surface area (Å²) in [5.41, 5.74) is 0. The van der Waals surface area contributed by atoms with Crippen LogP contribution in [-0.2, 0) is 10.0 Å². The Morgan fingerprint density at radius 3 is 2.29 bits per heavy atom. The fourth-order valence-electron chi connectivity index (χ4n) is 1.24. The van der Waals surface area contributed by atoms with E-state index in [1.54, 1.807) is 19.2 Å². The maximum Gasteiger partial charge on any atom is 0.240 e. The number of ether oxygens (including phenoxy) is 1. The van der Waals surface area contributed by atoms with Crippen LogP contribution in [0.1, 0.15) is 0 Å². The molecule has 0 unspecified atom stereocenters. The van der Waals surface area contributed by atoms with Crippen LogP contribution in [0, 0.1) is 0 Å². The van der Waals surface area contributed by atoms with Crippen LogP contribution in [0.5, 0.6) is 5.75 Å². The van der Waals surface area contributed by atoms with Gasteiger partial charge >= 0.3 is 0 Å². The van der Waals surface area contributed by atoms with Crippen LogP contribution in [-0.4, -0.2) is 47.6 Å². The van der Waals surface area contributed by atoms with E-state index in [2.05, 4.69) is 4.72 Å². The molecule has 0 aliphatic heterocycles. The molecule has 0 bridgehead atoms. The summed E-state index contributed by atoms with van der Waals surface area (Å²) in [5.74, 6) is 0.636. The van der Waals surface area contributed by atoms with Gasteiger partial charge in [-0.25, -0.2) is 13.1 Å². The Bertz CT molecular complexity index is 440. The van der Waals surface area contributed by atoms with Gasteiger partial charge in [0, 0.05) is 13.1 Å². The predicted octanol–water partition coefficient (Wildman–Crippen LogP) is 0.535. The van der Waals surface area contributed by atoms with E-state index in [1.165, 1.54) is 12.1 Å². The molecule has 0 aliphatic rings. The molecule has 0 amide bonds. The van der Waals surface area contributed by atoms with Gasteiger partial charge in [0.1, 0.15) is 5.75 Å². The van der Waals surface area contributed by atoms with E-state index in [1.807, 2.05) is 19.0 Å². The van der Waals surface area contributed by atoms with Gasteiger partial charge in [-0.1, -0.05) is 0 Å². The van der Waals surface area contributed by atoms with Crippen LogP contribution in [0.2, 0.25) is 0 Å². The zero-order valence-electron chi connectivity index (χ0n) is 10.3. The maximum absolute atomic E-state index is 11.8. The lowest BCUT2D eigenvalue weighted by Crippen LogP contribution is -2.31. The number of sulfonamides is 1. The third-order valence-corrected chi connectivity index (χ3v) is 3.70. The van der Waals surface area contributed by atoms with Gasteiger partial charge in [0.2, 0.25) is 10.0 Å². The third-order valence-electron chi connectivity index (χ3n) is 2.22. The molecule has 1 aromatic carbocycles. The standard InChI is InChI=1S/C11H18N2O3S/c1-13(2)9-8-12-17(14,15)11-6-4-10(16-3)5-7-11/h4-7,12H,8-9H2,1-3H3. The zero-order valence-corrected chi connectivity index (χ0v) is 11.1. The molecule has 0 saturated heterocycles. The Kier molecular flexibility index (Phi) is 4.92. The minimum Gasteiger partial charge on any atom is -0.497 e. The second-order valence-corrected chi connectivity index (χ2v) is 5.64. The van der Waals surface area contributed by atoms with Crippen LogP contribution in [0.25, 0.3) is 0 Å². The van der Waals surface area contributed by atoms with Crippen molar-refractivity contribution in [3.05, 3.63) is 24.3 Å². The first kappa shape index (κ1) is 14.0. The van der Waals surface area contributed by atoms with Crippen molar-refractivity contribution in [2.24, 2.45) is 0 Å². The number of nitrogens with zero attached hydrogens (tertiary/aromatic N) is 1. The summed E-state index contributed by atoms with van der Waals surface area (Å²) < 4.78 is 31.2. The molecule has 0 saturated carbocycles. The van der Waals surface area contributed by atoms with Crippen LogP contribution in [0.4, 0.5) is 0 Å². The average molecular weight is 258 g/mol. The molecule has 0 aliphatic carbocycles. The van der Waals surface area contributed by atoms with E-state index >= 15 is 0 Å². The molecule has 0 spiro atoms. The van der Waals surface area contributed by atoms with Gasteiger partial charge in [-0.3, -0.25) is 0 Å². The molecule has 0 fully saturated rings. The van der Waals surface area contributed by atoms with Crippen molar-refractivity contribution >= 4 is 10.0 Å². The second-order valence-electron chi connectivity index (χ2n) is 3.88. The summed E-state index contributed by atoms with van der Waals surface area (Å²) in [4.78, 5) is 2.16. The molecule has 0 radical (unpaired) electrons. The molecule has 1 aromatic rings. The lowest BCUT2D eigenvalue weighted by Gasteiger charge is -2.11. The molecule has 96 valence electrons. The van der Waals surface area contributed by atoms with E-state index in [0.717, 1.165) is 0 Å². The number of likely N-dealkylation sites (N-methyl/N-ethyl adjacent to an activating group) is 1. The SMILES string of the molecule is COc1ccc(S(=O)(=O)NCCN(C)C)cc1. The van der Waals surface area contributed by atoms with Crippen LogP contribution < -0.4 is 9.46 Å². The molecule has 0 atom stereocenters. The Balaban J connectivity index is 2.68. The van der Waals surface area contributed by atoms with Gasteiger partial charge in [0.15, 0.2) is 0 Å². The Morgan fingerprint density at radius 1 is 1.24 bits per heavy atom. The number of hydrogen-bond donors (Lipinski definition) is 1. The minimum absolute atomic E-state index is 0.247. The molecular weight excluding hydrogens is 240 g/mol. The van der Waals surface area contributed by atoms with Crippen molar-refractivity contribution in [3.63, 3.8) is 0 Å². The summed E-state index contributed by atoms with van der Waals surface area (Å²) >= 11 is 0. The first-order chi connectivity index (χ1) is 7.95. The summed E-state index contributed by atoms with van der Waals surface area (Å²) in [6.45, 7) is 1.05. The van der Waals surface area contributed by atoms with Crippen molar-refractivity contribution in [1.82, 2.24) is 9.62 Å². The molecule has 5 nitrogen and oxygen atoms in total. The molecule has 6 heteroatoms. The lowest BCUT2D eigenvalue weighted by atomic mass is 10.3. The number of benzene rings is 1. The highest BCUT2D eigenvalue weighted by molar-refractivity contribution is 7.89. The highest BCUT2D eigenvalue weighted by atomic mass is 32.2. The Hall–Kier alpha value is -1.11. The summed E-state index contributed by atoms with van der Waals surface area (Å²) in [6.07, 6.45) is 0. The van der Waals surface area contributed by atoms with Gasteiger partial charge < -0.3 is 9.64 Å². The lowest BCUT2D eigenvalue weighted by molar-refractivity contribution is 0.412. The van der Waals surface area contributed by atoms with Gasteiger partial charge in [-0.05, 0) is 38.4 Å². The number of rotatable bonds is 6. The van der Waals surface area contributed by atoms with Gasteiger partial charge in [-0.2, -0.15) is 0 Å². The molecule has 0 aromatic heterocycles. The highest BCUT2D eigenvalue weighted by Gasteiger charge is 2.12. The first-order valence-corrected chi connectivity index (χ1v) is 6.72. The van der Waals surface area contributed by atoms with Crippen molar-refractivity contribution in [2.45, 2.75) is 4.90 Å². The van der Waals surface area contributed by atoms with Gasteiger partial charge in [0.25, 0.3) is 0 Å². The highest BCUT2D eigenvalue weighted by Crippen LogP contribution is 2.14. The quantitative estimate of drug-likeness (QED) is 0.809. The molecular formula is C11H18N2O3S. The molecule has 17 heavy (non-hydrogen) atoms. The van der Waals surface area contributed by atoms with Crippen LogP contribution in [0.15, 0.2) is 29.2 Å². The van der Waals surface area contributed by atoms with Crippen molar-refractivity contribution in [2.75, 3.05) is 34.3 Å². The maximum atomic E-state index is 11.8. The zero-order chi connectivity index (χ0) is 12.9. The third kappa shape index (κ3) is 4.33. The van der Waals surface area contributed by atoms with Crippen LogP contribution in [0.3, 0.4) is 0 Å². The van der Waals surface area contributed by atoms with Crippen molar-refractivity contribution in [3.8, 4) is 5.75 Å². The minimum atomic E-state index is -3.41. The number of hydrogen-bond acceptors (Lipinski definition) is 4. The molecule has 1 N–H and O–H groups in total. The van der Waals surface area contributed by atoms with Gasteiger partial charge in [-0.15, -0.1) is 0 Å². The van der Waals surface area contributed by atoms with E-state index < -0.39 is 10.0 Å². The normalized spacial score (nSPS) is 11.8.